The first-order valence-electron chi connectivity index (χ1n) is 8.98. The van der Waals surface area contributed by atoms with Gasteiger partial charge in [0.15, 0.2) is 0 Å². The Hall–Kier alpha value is -2.25. The van der Waals surface area contributed by atoms with E-state index in [0.29, 0.717) is 17.0 Å². The lowest BCUT2D eigenvalue weighted by Crippen LogP contribution is -2.39. The molecule has 1 atom stereocenters. The van der Waals surface area contributed by atoms with Gasteiger partial charge in [-0.3, -0.25) is 4.72 Å². The Balaban J connectivity index is 1.74. The summed E-state index contributed by atoms with van der Waals surface area (Å²) in [6.45, 7) is 3.59. The molecule has 3 rings (SSSR count). The van der Waals surface area contributed by atoms with Gasteiger partial charge in [0.25, 0.3) is 10.0 Å². The molecule has 2 aromatic rings. The van der Waals surface area contributed by atoms with Crippen molar-refractivity contribution in [1.29, 1.82) is 0 Å². The van der Waals surface area contributed by atoms with Gasteiger partial charge in [0.05, 0.1) is 18.1 Å². The normalized spacial score (nSPS) is 17.6. The van der Waals surface area contributed by atoms with Gasteiger partial charge in [-0.15, -0.1) is 0 Å². The van der Waals surface area contributed by atoms with E-state index in [2.05, 4.69) is 9.62 Å². The first-order valence-corrected chi connectivity index (χ1v) is 10.5. The minimum absolute atomic E-state index is 0.242. The molecule has 7 heteroatoms. The number of rotatable bonds is 6. The molecule has 0 spiro atoms. The third-order valence-corrected chi connectivity index (χ3v) is 6.41. The molecule has 2 aromatic carbocycles. The Bertz CT molecular complexity index is 881. The van der Waals surface area contributed by atoms with Crippen LogP contribution < -0.4 is 14.4 Å². The highest BCUT2D eigenvalue weighted by Crippen LogP contribution is 2.26. The monoisotopic (exact) mass is 390 g/mol. The molecule has 0 amide bonds. The molecule has 1 aliphatic heterocycles. The maximum absolute atomic E-state index is 12.7. The highest BCUT2D eigenvalue weighted by Gasteiger charge is 2.20. The fourth-order valence-electron chi connectivity index (χ4n) is 3.37. The van der Waals surface area contributed by atoms with Crippen LogP contribution in [0.3, 0.4) is 0 Å². The van der Waals surface area contributed by atoms with Crippen LogP contribution in [-0.4, -0.2) is 41.8 Å². The second kappa shape index (κ2) is 8.19. The molecular weight excluding hydrogens is 364 g/mol. The zero-order valence-electron chi connectivity index (χ0n) is 15.9. The van der Waals surface area contributed by atoms with Crippen molar-refractivity contribution < 1.29 is 17.9 Å². The van der Waals surface area contributed by atoms with Crippen molar-refractivity contribution in [2.75, 3.05) is 36.9 Å². The van der Waals surface area contributed by atoms with Gasteiger partial charge < -0.3 is 14.4 Å². The number of nitrogens with zero attached hydrogens (tertiary/aromatic N) is 1. The number of methoxy groups -OCH3 is 2. The van der Waals surface area contributed by atoms with Crippen LogP contribution in [0.25, 0.3) is 0 Å². The lowest BCUT2D eigenvalue weighted by Gasteiger charge is -2.33. The molecule has 1 fully saturated rings. The number of hydrogen-bond donors (Lipinski definition) is 1. The number of ether oxygens (including phenoxy) is 2. The summed E-state index contributed by atoms with van der Waals surface area (Å²) in [6.07, 6.45) is 2.41. The molecule has 0 bridgehead atoms. The summed E-state index contributed by atoms with van der Waals surface area (Å²) in [4.78, 5) is 2.51. The van der Waals surface area contributed by atoms with Gasteiger partial charge >= 0.3 is 0 Å². The van der Waals surface area contributed by atoms with E-state index in [-0.39, 0.29) is 11.0 Å². The number of sulfonamides is 1. The van der Waals surface area contributed by atoms with E-state index in [1.165, 1.54) is 0 Å². The van der Waals surface area contributed by atoms with Crippen molar-refractivity contribution in [3.05, 3.63) is 48.0 Å². The predicted octanol–water partition coefficient (Wildman–Crippen LogP) is 3.42. The van der Waals surface area contributed by atoms with E-state index in [1.807, 2.05) is 12.1 Å². The molecule has 0 aliphatic carbocycles. The smallest absolute Gasteiger partial charge is 0.262 e. The van der Waals surface area contributed by atoms with E-state index >= 15 is 0 Å². The second-order valence-electron chi connectivity index (χ2n) is 6.73. The first-order chi connectivity index (χ1) is 12.9. The van der Waals surface area contributed by atoms with Gasteiger partial charge in [0.2, 0.25) is 0 Å². The van der Waals surface area contributed by atoms with Crippen LogP contribution in [0.5, 0.6) is 5.75 Å². The summed E-state index contributed by atoms with van der Waals surface area (Å²) in [5.74, 6) is 0.631. The van der Waals surface area contributed by atoms with Crippen LogP contribution in [0.4, 0.5) is 11.4 Å². The third kappa shape index (κ3) is 4.54. The molecule has 1 saturated heterocycles. The van der Waals surface area contributed by atoms with E-state index in [9.17, 15) is 8.42 Å². The number of piperidine rings is 1. The number of benzene rings is 2. The Morgan fingerprint density at radius 1 is 1.11 bits per heavy atom. The highest BCUT2D eigenvalue weighted by atomic mass is 32.2. The van der Waals surface area contributed by atoms with Crippen LogP contribution >= 0.6 is 0 Å². The van der Waals surface area contributed by atoms with Crippen molar-refractivity contribution in [3.8, 4) is 5.75 Å². The lowest BCUT2D eigenvalue weighted by molar-refractivity contribution is 0.0893. The Morgan fingerprint density at radius 3 is 2.48 bits per heavy atom. The zero-order valence-corrected chi connectivity index (χ0v) is 16.8. The SMILES string of the molecule is COc1ccc(S(=O)(=O)Nc2ccc(N3CCCC(OC)C3)cc2)c(C)c1. The summed E-state index contributed by atoms with van der Waals surface area (Å²) in [5.41, 5.74) is 2.24. The number of aryl methyl sites for hydroxylation is 1. The van der Waals surface area contributed by atoms with Crippen molar-refractivity contribution in [1.82, 2.24) is 0 Å². The number of nitrogens with one attached hydrogen (secondary N) is 1. The summed E-state index contributed by atoms with van der Waals surface area (Å²) in [7, 11) is -0.360. The maximum Gasteiger partial charge on any atom is 0.262 e. The minimum atomic E-state index is -3.66. The van der Waals surface area contributed by atoms with Crippen molar-refractivity contribution in [3.63, 3.8) is 0 Å². The van der Waals surface area contributed by atoms with Crippen molar-refractivity contribution in [2.45, 2.75) is 30.8 Å². The summed E-state index contributed by atoms with van der Waals surface area (Å²) in [6, 6.07) is 12.4. The molecule has 1 aliphatic rings. The van der Waals surface area contributed by atoms with Crippen molar-refractivity contribution >= 4 is 21.4 Å². The molecule has 146 valence electrons. The predicted molar refractivity (Wildman–Crippen MR) is 107 cm³/mol. The molecule has 1 unspecified atom stereocenters. The number of anilines is 2. The standard InChI is InChI=1S/C20H26N2O4S/c1-15-13-18(25-2)10-11-20(15)27(23,24)21-16-6-8-17(9-7-16)22-12-4-5-19(14-22)26-3/h6-11,13,19,21H,4-5,12,14H2,1-3H3. The zero-order chi connectivity index (χ0) is 19.4. The van der Waals surface area contributed by atoms with Crippen LogP contribution in [-0.2, 0) is 14.8 Å². The van der Waals surface area contributed by atoms with E-state index in [1.54, 1.807) is 51.5 Å². The average Bonchev–Trinajstić information content (AvgIpc) is 2.68. The molecule has 1 N–H and O–H groups in total. The van der Waals surface area contributed by atoms with Crippen LogP contribution in [0.2, 0.25) is 0 Å². The van der Waals surface area contributed by atoms with Gasteiger partial charge in [0.1, 0.15) is 5.75 Å². The number of hydrogen-bond acceptors (Lipinski definition) is 5. The first kappa shape index (κ1) is 19.5. The maximum atomic E-state index is 12.7. The molecule has 1 heterocycles. The quantitative estimate of drug-likeness (QED) is 0.819. The largest absolute Gasteiger partial charge is 0.497 e. The van der Waals surface area contributed by atoms with Crippen LogP contribution in [0, 0.1) is 6.92 Å². The molecule has 0 radical (unpaired) electrons. The van der Waals surface area contributed by atoms with Gasteiger partial charge in [-0.2, -0.15) is 0 Å². The third-order valence-electron chi connectivity index (χ3n) is 4.87. The summed E-state index contributed by atoms with van der Waals surface area (Å²) < 4.78 is 38.7. The van der Waals surface area contributed by atoms with Crippen LogP contribution in [0.15, 0.2) is 47.4 Å². The van der Waals surface area contributed by atoms with Gasteiger partial charge in [-0.25, -0.2) is 8.42 Å². The highest BCUT2D eigenvalue weighted by molar-refractivity contribution is 7.92. The molecular formula is C20H26N2O4S. The Morgan fingerprint density at radius 2 is 1.85 bits per heavy atom. The van der Waals surface area contributed by atoms with E-state index < -0.39 is 10.0 Å². The summed E-state index contributed by atoms with van der Waals surface area (Å²) in [5, 5.41) is 0. The fourth-order valence-corrected chi connectivity index (χ4v) is 4.65. The Labute approximate surface area is 161 Å². The van der Waals surface area contributed by atoms with Gasteiger partial charge in [-0.1, -0.05) is 0 Å². The minimum Gasteiger partial charge on any atom is -0.497 e. The molecule has 6 nitrogen and oxygen atoms in total. The fraction of sp³-hybridized carbons (Fsp3) is 0.400. The molecule has 0 saturated carbocycles. The van der Waals surface area contributed by atoms with Gasteiger partial charge in [0, 0.05) is 31.6 Å². The molecule has 0 aromatic heterocycles. The van der Waals surface area contributed by atoms with Gasteiger partial charge in [-0.05, 0) is 67.8 Å². The average molecular weight is 391 g/mol. The lowest BCUT2D eigenvalue weighted by atomic mass is 10.1. The topological polar surface area (TPSA) is 67.9 Å². The summed E-state index contributed by atoms with van der Waals surface area (Å²) >= 11 is 0. The van der Waals surface area contributed by atoms with E-state index in [4.69, 9.17) is 9.47 Å². The second-order valence-corrected chi connectivity index (χ2v) is 8.38. The van der Waals surface area contributed by atoms with E-state index in [0.717, 1.165) is 31.6 Å². The van der Waals surface area contributed by atoms with Crippen LogP contribution in [0.1, 0.15) is 18.4 Å². The molecule has 27 heavy (non-hydrogen) atoms. The van der Waals surface area contributed by atoms with Crippen molar-refractivity contribution in [2.24, 2.45) is 0 Å². The Kier molecular flexibility index (Phi) is 5.92.